The van der Waals surface area contributed by atoms with Crippen LogP contribution in [0.1, 0.15) is 11.1 Å². The van der Waals surface area contributed by atoms with Gasteiger partial charge in [-0.2, -0.15) is 16.9 Å². The number of nitrogens with zero attached hydrogens (tertiary/aromatic N) is 3. The Hall–Kier alpha value is -1.26. The normalized spacial score (nSPS) is 11.2. The van der Waals surface area contributed by atoms with Gasteiger partial charge in [-0.15, -0.1) is 0 Å². The fraction of sp³-hybridized carbons (Fsp3) is 0.400. The number of thioether (sulfide) groups is 1. The van der Waals surface area contributed by atoms with Gasteiger partial charge in [0.25, 0.3) is 0 Å². The van der Waals surface area contributed by atoms with E-state index in [2.05, 4.69) is 48.4 Å². The molecule has 19 heavy (non-hydrogen) atoms. The number of rotatable bonds is 6. The summed E-state index contributed by atoms with van der Waals surface area (Å²) in [7, 11) is 2.17. The van der Waals surface area contributed by atoms with Crippen LogP contribution < -0.4 is 0 Å². The molecule has 102 valence electrons. The van der Waals surface area contributed by atoms with Crippen molar-refractivity contribution in [2.24, 2.45) is 0 Å². The molecule has 1 aromatic heterocycles. The molecule has 1 heterocycles. The number of aryl methyl sites for hydroxylation is 1. The van der Waals surface area contributed by atoms with Crippen LogP contribution in [0, 0.1) is 6.92 Å². The van der Waals surface area contributed by atoms with E-state index in [1.165, 1.54) is 22.6 Å². The van der Waals surface area contributed by atoms with Gasteiger partial charge in [-0.1, -0.05) is 17.7 Å². The van der Waals surface area contributed by atoms with Crippen LogP contribution in [0.4, 0.5) is 0 Å². The van der Waals surface area contributed by atoms with E-state index in [1.54, 1.807) is 0 Å². The highest BCUT2D eigenvalue weighted by Gasteiger charge is 2.08. The number of aromatic nitrogens is 2. The molecule has 0 amide bonds. The van der Waals surface area contributed by atoms with Gasteiger partial charge < -0.3 is 4.90 Å². The van der Waals surface area contributed by atoms with Crippen molar-refractivity contribution in [1.82, 2.24) is 14.7 Å². The molecule has 0 spiro atoms. The zero-order valence-electron chi connectivity index (χ0n) is 11.8. The van der Waals surface area contributed by atoms with Crippen molar-refractivity contribution in [3.05, 3.63) is 47.8 Å². The quantitative estimate of drug-likeness (QED) is 0.809. The van der Waals surface area contributed by atoms with Crippen LogP contribution in [-0.4, -0.2) is 40.3 Å². The first-order valence-electron chi connectivity index (χ1n) is 6.47. The Kier molecular flexibility index (Phi) is 5.05. The maximum Gasteiger partial charge on any atom is 0.0690 e. The van der Waals surface area contributed by atoms with Gasteiger partial charge in [0.15, 0.2) is 0 Å². The standard InChI is InChI=1S/C15H21N3S/c1-13-5-6-15(18-8-4-7-16-18)14(11-13)12-17(2)9-10-19-3/h4-8,11H,9-10,12H2,1-3H3. The molecule has 1 aromatic carbocycles. The van der Waals surface area contributed by atoms with Gasteiger partial charge in [0.2, 0.25) is 0 Å². The molecule has 0 aliphatic rings. The van der Waals surface area contributed by atoms with Crippen molar-refractivity contribution in [3.8, 4) is 5.69 Å². The second-order valence-corrected chi connectivity index (χ2v) is 5.80. The van der Waals surface area contributed by atoms with Gasteiger partial charge in [0.1, 0.15) is 0 Å². The van der Waals surface area contributed by atoms with E-state index in [4.69, 9.17) is 0 Å². The number of hydrogen-bond acceptors (Lipinski definition) is 3. The van der Waals surface area contributed by atoms with Crippen LogP contribution in [-0.2, 0) is 6.54 Å². The summed E-state index contributed by atoms with van der Waals surface area (Å²) in [5, 5.41) is 4.34. The van der Waals surface area contributed by atoms with Crippen molar-refractivity contribution in [1.29, 1.82) is 0 Å². The van der Waals surface area contributed by atoms with Crippen molar-refractivity contribution in [2.45, 2.75) is 13.5 Å². The first kappa shape index (κ1) is 14.2. The summed E-state index contributed by atoms with van der Waals surface area (Å²) in [6.07, 6.45) is 5.97. The maximum absolute atomic E-state index is 4.34. The molecule has 0 radical (unpaired) electrons. The van der Waals surface area contributed by atoms with Gasteiger partial charge in [-0.3, -0.25) is 0 Å². The molecule has 2 aromatic rings. The summed E-state index contributed by atoms with van der Waals surface area (Å²) in [6.45, 7) is 4.20. The highest BCUT2D eigenvalue weighted by molar-refractivity contribution is 7.98. The van der Waals surface area contributed by atoms with E-state index in [-0.39, 0.29) is 0 Å². The molecule has 0 unspecified atom stereocenters. The molecule has 0 N–H and O–H groups in total. The molecule has 2 rings (SSSR count). The van der Waals surface area contributed by atoms with E-state index >= 15 is 0 Å². The second-order valence-electron chi connectivity index (χ2n) is 4.81. The predicted octanol–water partition coefficient (Wildman–Crippen LogP) is 2.98. The zero-order valence-corrected chi connectivity index (χ0v) is 12.7. The highest BCUT2D eigenvalue weighted by atomic mass is 32.2. The molecule has 0 aliphatic carbocycles. The summed E-state index contributed by atoms with van der Waals surface area (Å²) >= 11 is 1.89. The largest absolute Gasteiger partial charge is 0.301 e. The Morgan fingerprint density at radius 2 is 2.21 bits per heavy atom. The third-order valence-corrected chi connectivity index (χ3v) is 3.69. The topological polar surface area (TPSA) is 21.1 Å². The Morgan fingerprint density at radius 3 is 2.89 bits per heavy atom. The van der Waals surface area contributed by atoms with Gasteiger partial charge in [0.05, 0.1) is 5.69 Å². The Bertz CT molecular complexity index is 508. The summed E-state index contributed by atoms with van der Waals surface area (Å²) in [5.41, 5.74) is 3.79. The molecule has 4 heteroatoms. The average Bonchev–Trinajstić information content (AvgIpc) is 2.90. The molecular weight excluding hydrogens is 254 g/mol. The Morgan fingerprint density at radius 1 is 1.37 bits per heavy atom. The first-order chi connectivity index (χ1) is 9.20. The lowest BCUT2D eigenvalue weighted by atomic mass is 10.1. The van der Waals surface area contributed by atoms with Crippen LogP contribution in [0.3, 0.4) is 0 Å². The number of hydrogen-bond donors (Lipinski definition) is 0. The molecule has 0 fully saturated rings. The van der Waals surface area contributed by atoms with Crippen molar-refractivity contribution < 1.29 is 0 Å². The van der Waals surface area contributed by atoms with Gasteiger partial charge in [-0.25, -0.2) is 4.68 Å². The molecule has 0 bridgehead atoms. The summed E-state index contributed by atoms with van der Waals surface area (Å²) in [4.78, 5) is 2.36. The lowest BCUT2D eigenvalue weighted by Crippen LogP contribution is -2.21. The van der Waals surface area contributed by atoms with E-state index in [0.29, 0.717) is 0 Å². The van der Waals surface area contributed by atoms with Gasteiger partial charge in [0, 0.05) is 31.2 Å². The van der Waals surface area contributed by atoms with Gasteiger partial charge >= 0.3 is 0 Å². The fourth-order valence-electron chi connectivity index (χ4n) is 2.09. The first-order valence-corrected chi connectivity index (χ1v) is 7.87. The van der Waals surface area contributed by atoms with Crippen molar-refractivity contribution in [3.63, 3.8) is 0 Å². The highest BCUT2D eigenvalue weighted by Crippen LogP contribution is 2.17. The van der Waals surface area contributed by atoms with Crippen LogP contribution in [0.15, 0.2) is 36.7 Å². The molecule has 0 saturated carbocycles. The molecular formula is C15H21N3S. The smallest absolute Gasteiger partial charge is 0.0690 e. The SMILES string of the molecule is CSCCN(C)Cc1cc(C)ccc1-n1cccn1. The molecule has 0 aliphatic heterocycles. The predicted molar refractivity (Wildman–Crippen MR) is 83.0 cm³/mol. The van der Waals surface area contributed by atoms with E-state index in [0.717, 1.165) is 13.1 Å². The third-order valence-electron chi connectivity index (χ3n) is 3.10. The van der Waals surface area contributed by atoms with Crippen LogP contribution in [0.2, 0.25) is 0 Å². The Balaban J connectivity index is 2.20. The van der Waals surface area contributed by atoms with E-state index in [9.17, 15) is 0 Å². The summed E-state index contributed by atoms with van der Waals surface area (Å²) in [6, 6.07) is 8.51. The summed E-state index contributed by atoms with van der Waals surface area (Å²) < 4.78 is 1.94. The average molecular weight is 275 g/mol. The lowest BCUT2D eigenvalue weighted by Gasteiger charge is -2.19. The number of benzene rings is 1. The molecule has 3 nitrogen and oxygen atoms in total. The van der Waals surface area contributed by atoms with E-state index < -0.39 is 0 Å². The monoisotopic (exact) mass is 275 g/mol. The fourth-order valence-corrected chi connectivity index (χ4v) is 2.59. The maximum atomic E-state index is 4.34. The van der Waals surface area contributed by atoms with E-state index in [1.807, 2.05) is 34.9 Å². The second kappa shape index (κ2) is 6.78. The van der Waals surface area contributed by atoms with Crippen LogP contribution in [0.25, 0.3) is 5.69 Å². The molecule has 0 atom stereocenters. The summed E-state index contributed by atoms with van der Waals surface area (Å²) in [5.74, 6) is 1.17. The van der Waals surface area contributed by atoms with Crippen molar-refractivity contribution in [2.75, 3.05) is 25.6 Å². The van der Waals surface area contributed by atoms with Gasteiger partial charge in [-0.05, 0) is 37.9 Å². The zero-order chi connectivity index (χ0) is 13.7. The Labute approximate surface area is 119 Å². The molecule has 0 saturated heterocycles. The minimum absolute atomic E-state index is 0.956. The van der Waals surface area contributed by atoms with Crippen LogP contribution in [0.5, 0.6) is 0 Å². The van der Waals surface area contributed by atoms with Crippen LogP contribution >= 0.6 is 11.8 Å². The van der Waals surface area contributed by atoms with Crippen molar-refractivity contribution >= 4 is 11.8 Å². The third kappa shape index (κ3) is 3.85. The minimum atomic E-state index is 0.956. The minimum Gasteiger partial charge on any atom is -0.301 e. The lowest BCUT2D eigenvalue weighted by molar-refractivity contribution is 0.348.